The number of anilines is 1. The molecule has 1 saturated heterocycles. The molecular formula is C30H31N7O4S. The van der Waals surface area contributed by atoms with E-state index in [9.17, 15) is 19.6 Å². The molecule has 2 N–H and O–H groups in total. The molecule has 0 radical (unpaired) electrons. The van der Waals surface area contributed by atoms with Gasteiger partial charge in [0.25, 0.3) is 17.4 Å². The maximum Gasteiger partial charge on any atom is 0.270 e. The fraction of sp³-hybridized carbons (Fsp3) is 0.300. The van der Waals surface area contributed by atoms with E-state index in [4.69, 9.17) is 10.00 Å². The summed E-state index contributed by atoms with van der Waals surface area (Å²) in [6, 6.07) is 20.9. The van der Waals surface area contributed by atoms with E-state index in [2.05, 4.69) is 27.7 Å². The second-order valence-electron chi connectivity index (χ2n) is 9.40. The fourth-order valence-electron chi connectivity index (χ4n) is 4.45. The van der Waals surface area contributed by atoms with Crippen LogP contribution in [0.4, 0.5) is 5.69 Å². The van der Waals surface area contributed by atoms with Gasteiger partial charge < -0.3 is 20.3 Å². The first-order valence-electron chi connectivity index (χ1n) is 13.5. The van der Waals surface area contributed by atoms with Gasteiger partial charge in [-0.1, -0.05) is 36.4 Å². The fourth-order valence-corrected chi connectivity index (χ4v) is 5.54. The summed E-state index contributed by atoms with van der Waals surface area (Å²) in [7, 11) is 0. The van der Waals surface area contributed by atoms with Crippen LogP contribution < -0.4 is 30.1 Å². The molecule has 0 bridgehead atoms. The number of carbonyl (C=O) groups excluding carboxylic acids is 2. The van der Waals surface area contributed by atoms with Crippen LogP contribution in [0.3, 0.4) is 0 Å². The number of piperazine rings is 1. The van der Waals surface area contributed by atoms with Crippen molar-refractivity contribution in [3.05, 3.63) is 79.7 Å². The molecule has 3 aromatic rings. The number of nitrogens with zero attached hydrogens (tertiary/aromatic N) is 5. The standard InChI is InChI=1S/C30H31N7O4S/c1-2-37-29(40)26(42-30(37)25(18-32)28(39)33-12-11-31)19-34-23-9-6-10-24(17-23)41-21-27(38)36-15-13-35(14-16-36)20-22-7-4-3-5-8-22/h3-10,17,19,34H,2,12-16,20-21H2,1H3,(H,33,39)/b26-19+,30-25-. The zero-order valence-corrected chi connectivity index (χ0v) is 24.0. The molecule has 2 heterocycles. The van der Waals surface area contributed by atoms with Crippen molar-refractivity contribution in [2.75, 3.05) is 44.6 Å². The molecular weight excluding hydrogens is 554 g/mol. The molecule has 12 heteroatoms. The smallest absolute Gasteiger partial charge is 0.270 e. The van der Waals surface area contributed by atoms with Crippen LogP contribution in [0.5, 0.6) is 5.75 Å². The third-order valence-corrected chi connectivity index (χ3v) is 7.78. The second-order valence-corrected chi connectivity index (χ2v) is 10.4. The van der Waals surface area contributed by atoms with E-state index >= 15 is 0 Å². The van der Waals surface area contributed by atoms with Crippen molar-refractivity contribution in [3.8, 4) is 17.9 Å². The molecule has 11 nitrogen and oxygen atoms in total. The van der Waals surface area contributed by atoms with Gasteiger partial charge in [-0.25, -0.2) is 0 Å². The van der Waals surface area contributed by atoms with Gasteiger partial charge in [0, 0.05) is 57.2 Å². The Hall–Kier alpha value is -4.91. The summed E-state index contributed by atoms with van der Waals surface area (Å²) in [6.07, 6.45) is 1.50. The lowest BCUT2D eigenvalue weighted by Crippen LogP contribution is -2.49. The van der Waals surface area contributed by atoms with Gasteiger partial charge in [0.2, 0.25) is 0 Å². The summed E-state index contributed by atoms with van der Waals surface area (Å²) in [6.45, 7) is 5.44. The molecule has 42 heavy (non-hydrogen) atoms. The van der Waals surface area contributed by atoms with Crippen LogP contribution in [-0.4, -0.2) is 65.5 Å². The molecule has 1 aromatic heterocycles. The average Bonchev–Trinajstić information content (AvgIpc) is 3.33. The quantitative estimate of drug-likeness (QED) is 0.333. The molecule has 2 aromatic carbocycles. The zero-order valence-electron chi connectivity index (χ0n) is 23.2. The maximum atomic E-state index is 12.9. The van der Waals surface area contributed by atoms with Crippen LogP contribution in [0, 0.1) is 22.7 Å². The molecule has 1 aliphatic rings. The van der Waals surface area contributed by atoms with Crippen LogP contribution in [0.2, 0.25) is 0 Å². The van der Waals surface area contributed by atoms with Crippen LogP contribution in [0.1, 0.15) is 12.5 Å². The Bertz CT molecular complexity index is 1680. The first-order valence-corrected chi connectivity index (χ1v) is 14.3. The van der Waals surface area contributed by atoms with E-state index < -0.39 is 5.91 Å². The summed E-state index contributed by atoms with van der Waals surface area (Å²) in [5.74, 6) is -0.291. The van der Waals surface area contributed by atoms with Gasteiger partial charge in [-0.3, -0.25) is 23.9 Å². The molecule has 2 amide bonds. The van der Waals surface area contributed by atoms with Gasteiger partial charge >= 0.3 is 0 Å². The van der Waals surface area contributed by atoms with Gasteiger partial charge in [0.05, 0.1) is 6.07 Å². The van der Waals surface area contributed by atoms with Crippen molar-refractivity contribution in [1.82, 2.24) is 19.7 Å². The molecule has 216 valence electrons. The van der Waals surface area contributed by atoms with Crippen LogP contribution in [0.25, 0.3) is 11.8 Å². The van der Waals surface area contributed by atoms with E-state index in [-0.39, 0.29) is 41.4 Å². The minimum absolute atomic E-state index is 0.0751. The molecule has 0 saturated carbocycles. The van der Waals surface area contributed by atoms with Gasteiger partial charge in [-0.15, -0.1) is 11.3 Å². The van der Waals surface area contributed by atoms with Crippen molar-refractivity contribution < 1.29 is 14.3 Å². The molecule has 4 rings (SSSR count). The minimum Gasteiger partial charge on any atom is -0.484 e. The van der Waals surface area contributed by atoms with Crippen molar-refractivity contribution in [2.45, 2.75) is 20.0 Å². The van der Waals surface area contributed by atoms with Crippen molar-refractivity contribution in [3.63, 3.8) is 0 Å². The number of nitriles is 2. The summed E-state index contributed by atoms with van der Waals surface area (Å²) < 4.78 is 7.62. The van der Waals surface area contributed by atoms with E-state index in [1.54, 1.807) is 37.3 Å². The molecule has 0 atom stereocenters. The Balaban J connectivity index is 1.37. The second kappa shape index (κ2) is 14.6. The first-order chi connectivity index (χ1) is 20.4. The normalized spacial score (nSPS) is 14.5. The Morgan fingerprint density at radius 2 is 1.83 bits per heavy atom. The monoisotopic (exact) mass is 585 g/mol. The van der Waals surface area contributed by atoms with Gasteiger partial charge in [-0.05, 0) is 24.6 Å². The number of carbonyl (C=O) groups is 2. The SMILES string of the molecule is CCn1c(=O)/c(=C\Nc2cccc(OCC(=O)N3CCN(Cc4ccccc4)CC3)c2)s/c1=C(/C#N)C(=O)NCC#N. The largest absolute Gasteiger partial charge is 0.484 e. The first kappa shape index (κ1) is 30.1. The number of aromatic nitrogens is 1. The van der Waals surface area contributed by atoms with Crippen LogP contribution in [0.15, 0.2) is 59.4 Å². The Kier molecular flexibility index (Phi) is 10.5. The predicted octanol–water partition coefficient (Wildman–Crippen LogP) is 0.817. The van der Waals surface area contributed by atoms with Crippen molar-refractivity contribution in [2.24, 2.45) is 0 Å². The number of rotatable bonds is 10. The van der Waals surface area contributed by atoms with Crippen LogP contribution >= 0.6 is 11.3 Å². The highest BCUT2D eigenvalue weighted by Crippen LogP contribution is 2.18. The predicted molar refractivity (Wildman–Crippen MR) is 159 cm³/mol. The van der Waals surface area contributed by atoms with E-state index in [1.165, 1.54) is 16.3 Å². The lowest BCUT2D eigenvalue weighted by Gasteiger charge is -2.34. The van der Waals surface area contributed by atoms with Crippen molar-refractivity contribution >= 4 is 40.6 Å². The van der Waals surface area contributed by atoms with E-state index in [0.717, 1.165) is 31.0 Å². The third-order valence-electron chi connectivity index (χ3n) is 6.64. The average molecular weight is 586 g/mol. The number of ether oxygens (including phenoxy) is 1. The van der Waals surface area contributed by atoms with E-state index in [1.807, 2.05) is 29.2 Å². The highest BCUT2D eigenvalue weighted by Gasteiger charge is 2.21. The summed E-state index contributed by atoms with van der Waals surface area (Å²) >= 11 is 1.00. The van der Waals surface area contributed by atoms with Crippen LogP contribution in [-0.2, 0) is 22.7 Å². The number of hydrogen-bond acceptors (Lipinski definition) is 9. The highest BCUT2D eigenvalue weighted by molar-refractivity contribution is 7.07. The summed E-state index contributed by atoms with van der Waals surface area (Å²) in [5, 5.41) is 23.6. The zero-order chi connectivity index (χ0) is 29.9. The number of amides is 2. The molecule has 1 aliphatic heterocycles. The number of hydrogen-bond donors (Lipinski definition) is 2. The molecule has 0 spiro atoms. The molecule has 0 aliphatic carbocycles. The summed E-state index contributed by atoms with van der Waals surface area (Å²) in [4.78, 5) is 42.2. The van der Waals surface area contributed by atoms with E-state index in [0.29, 0.717) is 29.1 Å². The van der Waals surface area contributed by atoms with Gasteiger partial charge in [-0.2, -0.15) is 10.5 Å². The Morgan fingerprint density at radius 1 is 1.07 bits per heavy atom. The third kappa shape index (κ3) is 7.63. The lowest BCUT2D eigenvalue weighted by atomic mass is 10.2. The number of thiazole rings is 1. The number of benzene rings is 2. The lowest BCUT2D eigenvalue weighted by molar-refractivity contribution is -0.135. The summed E-state index contributed by atoms with van der Waals surface area (Å²) in [5.41, 5.74) is 1.30. The topological polar surface area (TPSA) is 143 Å². The van der Waals surface area contributed by atoms with Gasteiger partial charge in [0.15, 0.2) is 12.2 Å². The highest BCUT2D eigenvalue weighted by atomic mass is 32.1. The van der Waals surface area contributed by atoms with Crippen molar-refractivity contribution in [1.29, 1.82) is 10.5 Å². The number of nitrogens with one attached hydrogen (secondary N) is 2. The molecule has 1 fully saturated rings. The minimum atomic E-state index is -0.713. The van der Waals surface area contributed by atoms with Gasteiger partial charge in [0.1, 0.15) is 27.6 Å². The Morgan fingerprint density at radius 3 is 2.52 bits per heavy atom. The maximum absolute atomic E-state index is 12.9. The molecule has 0 unspecified atom stereocenters. The Labute approximate surface area is 247 Å².